The zero-order valence-electron chi connectivity index (χ0n) is 9.83. The fourth-order valence-corrected chi connectivity index (χ4v) is 1.80. The Morgan fingerprint density at radius 2 is 1.80 bits per heavy atom. The van der Waals surface area contributed by atoms with E-state index >= 15 is 0 Å². The summed E-state index contributed by atoms with van der Waals surface area (Å²) in [5.41, 5.74) is 4.76. The number of hydrogen-bond donors (Lipinski definition) is 1. The summed E-state index contributed by atoms with van der Waals surface area (Å²) in [6.07, 6.45) is 2.08. The average Bonchev–Trinajstić information content (AvgIpc) is 2.59. The number of rotatable bonds is 2. The summed E-state index contributed by atoms with van der Waals surface area (Å²) in [5.74, 6) is 1.01. The number of aromatic amines is 1. The minimum absolute atomic E-state index is 0.490. The van der Waals surface area contributed by atoms with Crippen LogP contribution in [0.15, 0.2) is 18.3 Å². The quantitative estimate of drug-likeness (QED) is 0.788. The van der Waals surface area contributed by atoms with E-state index in [-0.39, 0.29) is 0 Å². The summed E-state index contributed by atoms with van der Waals surface area (Å²) in [7, 11) is 0. The van der Waals surface area contributed by atoms with E-state index in [2.05, 4.69) is 51.0 Å². The summed E-state index contributed by atoms with van der Waals surface area (Å²) < 4.78 is 0. The first-order valence-corrected chi connectivity index (χ1v) is 5.57. The van der Waals surface area contributed by atoms with Crippen LogP contribution in [0.5, 0.6) is 0 Å². The topological polar surface area (TPSA) is 28.7 Å². The molecule has 0 saturated heterocycles. The van der Waals surface area contributed by atoms with Crippen LogP contribution in [0.3, 0.4) is 0 Å². The van der Waals surface area contributed by atoms with Crippen molar-refractivity contribution >= 4 is 11.0 Å². The predicted molar refractivity (Wildman–Crippen MR) is 64.3 cm³/mol. The van der Waals surface area contributed by atoms with Crippen molar-refractivity contribution in [3.8, 4) is 0 Å². The van der Waals surface area contributed by atoms with Crippen molar-refractivity contribution in [2.75, 3.05) is 0 Å². The van der Waals surface area contributed by atoms with Gasteiger partial charge in [-0.3, -0.25) is 4.98 Å². The molecule has 0 saturated carbocycles. The van der Waals surface area contributed by atoms with Gasteiger partial charge < -0.3 is 4.98 Å². The van der Waals surface area contributed by atoms with Crippen LogP contribution in [0, 0.1) is 0 Å². The van der Waals surface area contributed by atoms with Gasteiger partial charge in [-0.15, -0.1) is 0 Å². The molecular weight excluding hydrogens is 184 g/mol. The Hall–Kier alpha value is -1.31. The molecule has 2 heteroatoms. The Morgan fingerprint density at radius 1 is 1.07 bits per heavy atom. The zero-order chi connectivity index (χ0) is 11.0. The second kappa shape index (κ2) is 3.69. The molecule has 2 rings (SSSR count). The number of hydrogen-bond acceptors (Lipinski definition) is 1. The summed E-state index contributed by atoms with van der Waals surface area (Å²) >= 11 is 0. The first kappa shape index (κ1) is 10.2. The molecular formula is C13H18N2. The van der Waals surface area contributed by atoms with Crippen molar-refractivity contribution in [1.29, 1.82) is 0 Å². The maximum absolute atomic E-state index is 4.72. The maximum atomic E-state index is 4.72. The van der Waals surface area contributed by atoms with E-state index in [1.54, 1.807) is 0 Å². The van der Waals surface area contributed by atoms with Gasteiger partial charge in [0.2, 0.25) is 0 Å². The lowest BCUT2D eigenvalue weighted by atomic mass is 10.0. The number of pyridine rings is 1. The first-order valence-electron chi connectivity index (χ1n) is 5.57. The SMILES string of the molecule is CC(C)c1ccc2[nH]cc(C(C)C)c2n1. The van der Waals surface area contributed by atoms with Crippen LogP contribution < -0.4 is 0 Å². The van der Waals surface area contributed by atoms with Crippen molar-refractivity contribution < 1.29 is 0 Å². The number of H-pyrrole nitrogens is 1. The van der Waals surface area contributed by atoms with Gasteiger partial charge in [-0.05, 0) is 29.5 Å². The summed E-state index contributed by atoms with van der Waals surface area (Å²) in [6, 6.07) is 4.23. The fraction of sp³-hybridized carbons (Fsp3) is 0.462. The maximum Gasteiger partial charge on any atom is 0.0916 e. The number of nitrogens with one attached hydrogen (secondary N) is 1. The molecule has 0 amide bonds. The van der Waals surface area contributed by atoms with E-state index < -0.39 is 0 Å². The molecule has 1 N–H and O–H groups in total. The average molecular weight is 202 g/mol. The van der Waals surface area contributed by atoms with Crippen LogP contribution in [0.25, 0.3) is 11.0 Å². The third-order valence-electron chi connectivity index (χ3n) is 2.79. The molecule has 0 aliphatic carbocycles. The zero-order valence-corrected chi connectivity index (χ0v) is 9.83. The second-order valence-electron chi connectivity index (χ2n) is 4.69. The van der Waals surface area contributed by atoms with Gasteiger partial charge in [0.05, 0.1) is 11.0 Å². The monoisotopic (exact) mass is 202 g/mol. The molecule has 2 aromatic heterocycles. The van der Waals surface area contributed by atoms with Gasteiger partial charge in [0.25, 0.3) is 0 Å². The predicted octanol–water partition coefficient (Wildman–Crippen LogP) is 3.81. The molecule has 80 valence electrons. The van der Waals surface area contributed by atoms with Crippen molar-refractivity contribution in [1.82, 2.24) is 9.97 Å². The Kier molecular flexibility index (Phi) is 2.51. The Labute approximate surface area is 90.7 Å². The van der Waals surface area contributed by atoms with Gasteiger partial charge in [0, 0.05) is 11.9 Å². The molecule has 2 heterocycles. The van der Waals surface area contributed by atoms with Crippen molar-refractivity contribution in [3.05, 3.63) is 29.6 Å². The highest BCUT2D eigenvalue weighted by atomic mass is 14.8. The van der Waals surface area contributed by atoms with Gasteiger partial charge in [-0.1, -0.05) is 27.7 Å². The van der Waals surface area contributed by atoms with Crippen LogP contribution in [-0.4, -0.2) is 9.97 Å². The highest BCUT2D eigenvalue weighted by Gasteiger charge is 2.10. The number of nitrogens with zero attached hydrogens (tertiary/aromatic N) is 1. The molecule has 0 aromatic carbocycles. The molecule has 0 spiro atoms. The lowest BCUT2D eigenvalue weighted by Crippen LogP contribution is -1.93. The number of aromatic nitrogens is 2. The van der Waals surface area contributed by atoms with E-state index in [1.165, 1.54) is 11.3 Å². The molecule has 0 aliphatic rings. The molecule has 2 nitrogen and oxygen atoms in total. The van der Waals surface area contributed by atoms with Gasteiger partial charge in [-0.25, -0.2) is 0 Å². The van der Waals surface area contributed by atoms with Crippen LogP contribution in [0.4, 0.5) is 0 Å². The lowest BCUT2D eigenvalue weighted by Gasteiger charge is -2.06. The molecule has 0 unspecified atom stereocenters. The van der Waals surface area contributed by atoms with Crippen LogP contribution in [0.2, 0.25) is 0 Å². The third-order valence-corrected chi connectivity index (χ3v) is 2.79. The minimum Gasteiger partial charge on any atom is -0.360 e. The Morgan fingerprint density at radius 3 is 2.40 bits per heavy atom. The molecule has 0 atom stereocenters. The van der Waals surface area contributed by atoms with Gasteiger partial charge in [0.1, 0.15) is 0 Å². The largest absolute Gasteiger partial charge is 0.360 e. The summed E-state index contributed by atoms with van der Waals surface area (Å²) in [5, 5.41) is 0. The van der Waals surface area contributed by atoms with E-state index in [4.69, 9.17) is 4.98 Å². The van der Waals surface area contributed by atoms with Crippen molar-refractivity contribution in [3.63, 3.8) is 0 Å². The molecule has 0 aliphatic heterocycles. The van der Waals surface area contributed by atoms with Crippen molar-refractivity contribution in [2.45, 2.75) is 39.5 Å². The minimum atomic E-state index is 0.490. The smallest absolute Gasteiger partial charge is 0.0916 e. The highest BCUT2D eigenvalue weighted by molar-refractivity contribution is 5.79. The highest BCUT2D eigenvalue weighted by Crippen LogP contribution is 2.25. The third kappa shape index (κ3) is 1.76. The van der Waals surface area contributed by atoms with Crippen LogP contribution >= 0.6 is 0 Å². The second-order valence-corrected chi connectivity index (χ2v) is 4.69. The molecule has 0 bridgehead atoms. The molecule has 2 aromatic rings. The van der Waals surface area contributed by atoms with Crippen LogP contribution in [0.1, 0.15) is 50.8 Å². The van der Waals surface area contributed by atoms with E-state index in [9.17, 15) is 0 Å². The first-order chi connectivity index (χ1) is 7.09. The standard InChI is InChI=1S/C13H18N2/c1-8(2)10-7-14-12-6-5-11(9(3)4)15-13(10)12/h5-9,14H,1-4H3. The number of fused-ring (bicyclic) bond motifs is 1. The summed E-state index contributed by atoms with van der Waals surface area (Å²) in [4.78, 5) is 8.00. The Balaban J connectivity index is 2.61. The van der Waals surface area contributed by atoms with Crippen molar-refractivity contribution in [2.24, 2.45) is 0 Å². The summed E-state index contributed by atoms with van der Waals surface area (Å²) in [6.45, 7) is 8.75. The lowest BCUT2D eigenvalue weighted by molar-refractivity contribution is 0.825. The van der Waals surface area contributed by atoms with E-state index in [0.29, 0.717) is 11.8 Å². The Bertz CT molecular complexity index is 466. The van der Waals surface area contributed by atoms with Gasteiger partial charge >= 0.3 is 0 Å². The normalized spacial score (nSPS) is 11.9. The van der Waals surface area contributed by atoms with E-state index in [0.717, 1.165) is 11.0 Å². The fourth-order valence-electron chi connectivity index (χ4n) is 1.80. The van der Waals surface area contributed by atoms with Gasteiger partial charge in [-0.2, -0.15) is 0 Å². The van der Waals surface area contributed by atoms with Gasteiger partial charge in [0.15, 0.2) is 0 Å². The molecule has 0 radical (unpaired) electrons. The molecule has 0 fully saturated rings. The van der Waals surface area contributed by atoms with E-state index in [1.807, 2.05) is 0 Å². The van der Waals surface area contributed by atoms with Crippen LogP contribution in [-0.2, 0) is 0 Å². The molecule has 15 heavy (non-hydrogen) atoms.